The average Bonchev–Trinajstić information content (AvgIpc) is 2.88. The Hall–Kier alpha value is -0.750. The zero-order chi connectivity index (χ0) is 15.6. The van der Waals surface area contributed by atoms with Crippen LogP contribution in [0.3, 0.4) is 0 Å². The van der Waals surface area contributed by atoms with E-state index in [1.807, 2.05) is 20.8 Å². The van der Waals surface area contributed by atoms with Gasteiger partial charge in [0.05, 0.1) is 5.88 Å². The molecule has 2 rings (SSSR count). The molecule has 120 valence electrons. The van der Waals surface area contributed by atoms with E-state index in [1.165, 1.54) is 0 Å². The Morgan fingerprint density at radius 3 is 2.67 bits per heavy atom. The van der Waals surface area contributed by atoms with Gasteiger partial charge in [-0.2, -0.15) is 0 Å². The Morgan fingerprint density at radius 2 is 2.05 bits per heavy atom. The van der Waals surface area contributed by atoms with Crippen molar-refractivity contribution in [3.8, 4) is 0 Å². The van der Waals surface area contributed by atoms with Crippen LogP contribution in [-0.4, -0.2) is 53.5 Å². The molecular formula is C15H27N3O2S. The normalized spacial score (nSPS) is 30.3. The minimum absolute atomic E-state index is 0.0105. The van der Waals surface area contributed by atoms with Gasteiger partial charge in [0.25, 0.3) is 0 Å². The highest BCUT2D eigenvalue weighted by atomic mass is 32.2. The predicted molar refractivity (Wildman–Crippen MR) is 86.0 cm³/mol. The van der Waals surface area contributed by atoms with Crippen LogP contribution in [0.25, 0.3) is 0 Å². The van der Waals surface area contributed by atoms with E-state index in [9.17, 15) is 9.59 Å². The minimum Gasteiger partial charge on any atom is -0.351 e. The fourth-order valence-electron chi connectivity index (χ4n) is 2.80. The fourth-order valence-corrected chi connectivity index (χ4v) is 3.95. The molecule has 2 amide bonds. The topological polar surface area (TPSA) is 61.4 Å². The molecule has 5 nitrogen and oxygen atoms in total. The number of hydrogen-bond donors (Lipinski definition) is 2. The molecule has 2 saturated heterocycles. The summed E-state index contributed by atoms with van der Waals surface area (Å²) in [6, 6.07) is -0.0975. The average molecular weight is 313 g/mol. The zero-order valence-electron chi connectivity index (χ0n) is 13.4. The summed E-state index contributed by atoms with van der Waals surface area (Å²) in [4.78, 5) is 26.8. The lowest BCUT2D eigenvalue weighted by molar-refractivity contribution is -0.144. The second-order valence-electron chi connectivity index (χ2n) is 7.13. The molecule has 0 saturated carbocycles. The number of piperidine rings is 1. The highest BCUT2D eigenvalue weighted by molar-refractivity contribution is 7.99. The highest BCUT2D eigenvalue weighted by Crippen LogP contribution is 2.27. The van der Waals surface area contributed by atoms with Crippen molar-refractivity contribution in [1.29, 1.82) is 0 Å². The standard InChI is InChI=1S/C15H27N3O2S/c1-10-7-16-6-5-11(10)17-13(19)12-8-21-9-18(12)14(20)15(2,3)4/h10-12,16H,5-9H2,1-4H3,(H,17,19). The smallest absolute Gasteiger partial charge is 0.243 e. The van der Waals surface area contributed by atoms with E-state index in [4.69, 9.17) is 0 Å². The summed E-state index contributed by atoms with van der Waals surface area (Å²) in [6.07, 6.45) is 0.958. The molecule has 3 unspecified atom stereocenters. The van der Waals surface area contributed by atoms with Gasteiger partial charge in [-0.25, -0.2) is 0 Å². The maximum Gasteiger partial charge on any atom is 0.243 e. The Labute approximate surface area is 131 Å². The Morgan fingerprint density at radius 1 is 1.33 bits per heavy atom. The van der Waals surface area contributed by atoms with Crippen LogP contribution in [0.5, 0.6) is 0 Å². The van der Waals surface area contributed by atoms with Gasteiger partial charge in [-0.05, 0) is 25.4 Å². The Balaban J connectivity index is 1.99. The van der Waals surface area contributed by atoms with Crippen molar-refractivity contribution in [2.24, 2.45) is 11.3 Å². The summed E-state index contributed by atoms with van der Waals surface area (Å²) in [5.74, 6) is 1.83. The van der Waals surface area contributed by atoms with Crippen molar-refractivity contribution >= 4 is 23.6 Å². The number of carbonyl (C=O) groups excluding carboxylic acids is 2. The van der Waals surface area contributed by atoms with Crippen LogP contribution in [0.4, 0.5) is 0 Å². The number of rotatable bonds is 2. The lowest BCUT2D eigenvalue weighted by Crippen LogP contribution is -2.55. The molecule has 2 fully saturated rings. The van der Waals surface area contributed by atoms with Gasteiger partial charge >= 0.3 is 0 Å². The van der Waals surface area contributed by atoms with Gasteiger partial charge in [-0.1, -0.05) is 27.7 Å². The van der Waals surface area contributed by atoms with Gasteiger partial charge in [0.2, 0.25) is 11.8 Å². The van der Waals surface area contributed by atoms with Gasteiger partial charge in [-0.15, -0.1) is 11.8 Å². The molecule has 0 aromatic rings. The molecule has 2 N–H and O–H groups in total. The maximum atomic E-state index is 12.6. The first-order valence-corrected chi connectivity index (χ1v) is 8.86. The molecule has 6 heteroatoms. The summed E-state index contributed by atoms with van der Waals surface area (Å²) < 4.78 is 0. The highest BCUT2D eigenvalue weighted by Gasteiger charge is 2.39. The van der Waals surface area contributed by atoms with Crippen molar-refractivity contribution in [1.82, 2.24) is 15.5 Å². The number of thioether (sulfide) groups is 1. The third-order valence-corrected chi connectivity index (χ3v) is 5.21. The first-order chi connectivity index (χ1) is 9.80. The molecule has 2 heterocycles. The Bertz CT molecular complexity index is 408. The predicted octanol–water partition coefficient (Wildman–Crippen LogP) is 1.05. The monoisotopic (exact) mass is 313 g/mol. The van der Waals surface area contributed by atoms with Crippen LogP contribution in [0, 0.1) is 11.3 Å². The van der Waals surface area contributed by atoms with Crippen molar-refractivity contribution in [3.63, 3.8) is 0 Å². The van der Waals surface area contributed by atoms with Crippen LogP contribution < -0.4 is 10.6 Å². The van der Waals surface area contributed by atoms with Crippen LogP contribution >= 0.6 is 11.8 Å². The molecular weight excluding hydrogens is 286 g/mol. The second-order valence-corrected chi connectivity index (χ2v) is 8.13. The zero-order valence-corrected chi connectivity index (χ0v) is 14.3. The fraction of sp³-hybridized carbons (Fsp3) is 0.867. The van der Waals surface area contributed by atoms with E-state index in [0.717, 1.165) is 19.5 Å². The third kappa shape index (κ3) is 3.92. The summed E-state index contributed by atoms with van der Waals surface area (Å²) in [7, 11) is 0. The van der Waals surface area contributed by atoms with Crippen molar-refractivity contribution in [2.45, 2.75) is 46.2 Å². The molecule has 0 aromatic carbocycles. The lowest BCUT2D eigenvalue weighted by Gasteiger charge is -2.33. The molecule has 2 aliphatic rings. The molecule has 2 aliphatic heterocycles. The van der Waals surface area contributed by atoms with Crippen LogP contribution in [0.1, 0.15) is 34.1 Å². The lowest BCUT2D eigenvalue weighted by atomic mass is 9.93. The molecule has 0 aromatic heterocycles. The number of hydrogen-bond acceptors (Lipinski definition) is 4. The van der Waals surface area contributed by atoms with Gasteiger partial charge < -0.3 is 15.5 Å². The van der Waals surface area contributed by atoms with Gasteiger partial charge in [0.1, 0.15) is 6.04 Å². The minimum atomic E-state index is -0.439. The van der Waals surface area contributed by atoms with Crippen molar-refractivity contribution in [3.05, 3.63) is 0 Å². The van der Waals surface area contributed by atoms with Crippen LogP contribution in [0.2, 0.25) is 0 Å². The van der Waals surface area contributed by atoms with E-state index in [0.29, 0.717) is 17.5 Å². The van der Waals surface area contributed by atoms with E-state index < -0.39 is 5.41 Å². The summed E-state index contributed by atoms with van der Waals surface area (Å²) in [5, 5.41) is 6.49. The molecule has 3 atom stereocenters. The SMILES string of the molecule is CC1CNCCC1NC(=O)C1CSCN1C(=O)C(C)(C)C. The third-order valence-electron chi connectivity index (χ3n) is 4.20. The molecule has 0 spiro atoms. The molecule has 0 aliphatic carbocycles. The quantitative estimate of drug-likeness (QED) is 0.800. The van der Waals surface area contributed by atoms with Crippen molar-refractivity contribution < 1.29 is 9.59 Å². The van der Waals surface area contributed by atoms with E-state index >= 15 is 0 Å². The van der Waals surface area contributed by atoms with Crippen molar-refractivity contribution in [2.75, 3.05) is 24.7 Å². The Kier molecular flexibility index (Phi) is 5.20. The van der Waals surface area contributed by atoms with Gasteiger partial charge in [-0.3, -0.25) is 9.59 Å². The summed E-state index contributed by atoms with van der Waals surface area (Å²) in [6.45, 7) is 9.75. The van der Waals surface area contributed by atoms with Crippen LogP contribution in [-0.2, 0) is 9.59 Å². The van der Waals surface area contributed by atoms with Gasteiger partial charge in [0, 0.05) is 17.2 Å². The number of nitrogens with one attached hydrogen (secondary N) is 2. The van der Waals surface area contributed by atoms with E-state index in [-0.39, 0.29) is 23.9 Å². The second kappa shape index (κ2) is 6.57. The molecule has 0 radical (unpaired) electrons. The maximum absolute atomic E-state index is 12.6. The first kappa shape index (κ1) is 16.6. The van der Waals surface area contributed by atoms with E-state index in [1.54, 1.807) is 16.7 Å². The number of carbonyl (C=O) groups is 2. The number of amides is 2. The van der Waals surface area contributed by atoms with E-state index in [2.05, 4.69) is 17.6 Å². The summed E-state index contributed by atoms with van der Waals surface area (Å²) >= 11 is 1.66. The van der Waals surface area contributed by atoms with Gasteiger partial charge in [0.15, 0.2) is 0 Å². The van der Waals surface area contributed by atoms with Crippen LogP contribution in [0.15, 0.2) is 0 Å². The first-order valence-electron chi connectivity index (χ1n) is 7.70. The molecule has 0 bridgehead atoms. The molecule has 21 heavy (non-hydrogen) atoms. The number of nitrogens with zero attached hydrogens (tertiary/aromatic N) is 1. The largest absolute Gasteiger partial charge is 0.351 e. The summed E-state index contributed by atoms with van der Waals surface area (Å²) in [5.41, 5.74) is -0.439.